The van der Waals surface area contributed by atoms with E-state index < -0.39 is 5.82 Å². The Morgan fingerprint density at radius 1 is 1.03 bits per heavy atom. The molecule has 5 rings (SSSR count). The molecule has 5 aromatic rings. The van der Waals surface area contributed by atoms with Gasteiger partial charge in [-0.3, -0.25) is 9.38 Å². The Morgan fingerprint density at radius 2 is 1.93 bits per heavy atom. The normalized spacial score (nSPS) is 11.0. The van der Waals surface area contributed by atoms with Crippen molar-refractivity contribution < 1.29 is 4.39 Å². The van der Waals surface area contributed by atoms with E-state index >= 15 is 4.39 Å². The number of pyridine rings is 1. The van der Waals surface area contributed by atoms with Crippen LogP contribution < -0.4 is 5.73 Å². The third-order valence-electron chi connectivity index (χ3n) is 4.81. The van der Waals surface area contributed by atoms with Gasteiger partial charge in [0.1, 0.15) is 5.82 Å². The van der Waals surface area contributed by atoms with E-state index in [9.17, 15) is 5.26 Å². The van der Waals surface area contributed by atoms with Crippen LogP contribution in [-0.2, 0) is 0 Å². The van der Waals surface area contributed by atoms with Gasteiger partial charge >= 0.3 is 0 Å². The minimum Gasteiger partial charge on any atom is -0.381 e. The van der Waals surface area contributed by atoms with E-state index in [1.165, 1.54) is 0 Å². The van der Waals surface area contributed by atoms with Gasteiger partial charge in [0.15, 0.2) is 11.5 Å². The molecule has 0 atom stereocenters. The fourth-order valence-electron chi connectivity index (χ4n) is 3.50. The second kappa shape index (κ2) is 6.39. The number of nitrogen functional groups attached to an aromatic ring is 1. The molecule has 0 spiro atoms. The number of halogens is 1. The molecule has 0 saturated heterocycles. The van der Waals surface area contributed by atoms with Crippen LogP contribution in [0.25, 0.3) is 39.1 Å². The number of anilines is 1. The number of nitrogens with zero attached hydrogens (tertiary/aromatic N) is 5. The first-order valence-electron chi connectivity index (χ1n) is 8.84. The van der Waals surface area contributed by atoms with Crippen LogP contribution >= 0.6 is 0 Å². The summed E-state index contributed by atoms with van der Waals surface area (Å²) in [6.07, 6.45) is 4.93. The third-order valence-corrected chi connectivity index (χ3v) is 4.81. The Bertz CT molecular complexity index is 1450. The van der Waals surface area contributed by atoms with Gasteiger partial charge < -0.3 is 5.73 Å². The first-order valence-corrected chi connectivity index (χ1v) is 8.84. The molecule has 7 heteroatoms. The number of nitrogens with two attached hydrogens (primary N) is 1. The summed E-state index contributed by atoms with van der Waals surface area (Å²) in [5.41, 5.74) is 9.57. The van der Waals surface area contributed by atoms with Gasteiger partial charge in [-0.25, -0.2) is 14.4 Å². The SMILES string of the molecule is N#Cc1cccc(-c2nc(N)c3nccn3c2-c2ccc3ncccc3c2F)c1. The van der Waals surface area contributed by atoms with Crippen LogP contribution in [0.15, 0.2) is 67.1 Å². The van der Waals surface area contributed by atoms with Gasteiger partial charge in [-0.05, 0) is 36.4 Å². The molecular formula is C22H13FN6. The highest BCUT2D eigenvalue weighted by Crippen LogP contribution is 2.36. The van der Waals surface area contributed by atoms with Gasteiger partial charge in [0, 0.05) is 35.1 Å². The second-order valence-corrected chi connectivity index (χ2v) is 6.50. The average Bonchev–Trinajstić information content (AvgIpc) is 3.25. The summed E-state index contributed by atoms with van der Waals surface area (Å²) in [6, 6.07) is 15.9. The van der Waals surface area contributed by atoms with Crippen molar-refractivity contribution in [3.8, 4) is 28.6 Å². The van der Waals surface area contributed by atoms with E-state index in [0.717, 1.165) is 0 Å². The van der Waals surface area contributed by atoms with Gasteiger partial charge in [0.05, 0.1) is 28.5 Å². The van der Waals surface area contributed by atoms with E-state index in [0.29, 0.717) is 44.6 Å². The van der Waals surface area contributed by atoms with Crippen molar-refractivity contribution >= 4 is 22.4 Å². The Hall–Kier alpha value is -4.31. The number of aromatic nitrogens is 4. The number of nitriles is 1. The number of hydrogen-bond acceptors (Lipinski definition) is 5. The number of hydrogen-bond donors (Lipinski definition) is 1. The lowest BCUT2D eigenvalue weighted by Gasteiger charge is -2.15. The Morgan fingerprint density at radius 3 is 2.79 bits per heavy atom. The molecule has 29 heavy (non-hydrogen) atoms. The molecule has 138 valence electrons. The van der Waals surface area contributed by atoms with Crippen LogP contribution in [0.4, 0.5) is 10.2 Å². The minimum atomic E-state index is -0.408. The molecule has 2 aromatic carbocycles. The van der Waals surface area contributed by atoms with Crippen LogP contribution in [0.5, 0.6) is 0 Å². The maximum atomic E-state index is 15.5. The third kappa shape index (κ3) is 2.58. The fraction of sp³-hybridized carbons (Fsp3) is 0. The number of benzene rings is 2. The zero-order valence-electron chi connectivity index (χ0n) is 15.0. The van der Waals surface area contributed by atoms with E-state index in [4.69, 9.17) is 5.73 Å². The van der Waals surface area contributed by atoms with E-state index in [-0.39, 0.29) is 5.82 Å². The van der Waals surface area contributed by atoms with Crippen molar-refractivity contribution in [3.63, 3.8) is 0 Å². The molecule has 2 N–H and O–H groups in total. The molecule has 0 fully saturated rings. The molecule has 0 aliphatic heterocycles. The maximum absolute atomic E-state index is 15.5. The highest BCUT2D eigenvalue weighted by atomic mass is 19.1. The van der Waals surface area contributed by atoms with Crippen LogP contribution in [0, 0.1) is 17.1 Å². The highest BCUT2D eigenvalue weighted by molar-refractivity contribution is 5.90. The van der Waals surface area contributed by atoms with Crippen LogP contribution in [0.2, 0.25) is 0 Å². The molecule has 0 amide bonds. The van der Waals surface area contributed by atoms with Crippen molar-refractivity contribution in [1.29, 1.82) is 5.26 Å². The Labute approximate surface area is 164 Å². The largest absolute Gasteiger partial charge is 0.381 e. The standard InChI is InChI=1S/C22H13FN6/c23-18-15-5-2-8-26-17(15)7-6-16(18)20-19(14-4-1-3-13(11-14)12-24)28-21(25)22-27-9-10-29(20)22/h1-11H,(H2,25,28). The lowest BCUT2D eigenvalue weighted by molar-refractivity contribution is 0.642. The van der Waals surface area contributed by atoms with Crippen LogP contribution in [-0.4, -0.2) is 19.4 Å². The van der Waals surface area contributed by atoms with Gasteiger partial charge in [0.2, 0.25) is 0 Å². The lowest BCUT2D eigenvalue weighted by Crippen LogP contribution is -2.05. The van der Waals surface area contributed by atoms with E-state index in [1.54, 1.807) is 65.5 Å². The van der Waals surface area contributed by atoms with Gasteiger partial charge in [0.25, 0.3) is 0 Å². The summed E-state index contributed by atoms with van der Waals surface area (Å²) in [4.78, 5) is 13.0. The summed E-state index contributed by atoms with van der Waals surface area (Å²) in [6.45, 7) is 0. The van der Waals surface area contributed by atoms with Crippen LogP contribution in [0.1, 0.15) is 5.56 Å². The summed E-state index contributed by atoms with van der Waals surface area (Å²) in [5.74, 6) is -0.186. The molecule has 0 aliphatic rings. The monoisotopic (exact) mass is 380 g/mol. The first-order chi connectivity index (χ1) is 14.2. The summed E-state index contributed by atoms with van der Waals surface area (Å²) >= 11 is 0. The van der Waals surface area contributed by atoms with Crippen molar-refractivity contribution in [2.45, 2.75) is 0 Å². The van der Waals surface area contributed by atoms with Gasteiger partial charge in [-0.2, -0.15) is 5.26 Å². The smallest absolute Gasteiger partial charge is 0.180 e. The molecule has 0 unspecified atom stereocenters. The molecular weight excluding hydrogens is 367 g/mol. The zero-order chi connectivity index (χ0) is 20.0. The molecule has 0 aliphatic carbocycles. The zero-order valence-corrected chi connectivity index (χ0v) is 15.0. The predicted molar refractivity (Wildman–Crippen MR) is 108 cm³/mol. The molecule has 0 bridgehead atoms. The van der Waals surface area contributed by atoms with Crippen molar-refractivity contribution in [3.05, 3.63) is 78.5 Å². The molecule has 3 aromatic heterocycles. The summed E-state index contributed by atoms with van der Waals surface area (Å²) in [7, 11) is 0. The number of rotatable bonds is 2. The second-order valence-electron chi connectivity index (χ2n) is 6.50. The first kappa shape index (κ1) is 16.8. The predicted octanol–water partition coefficient (Wildman–Crippen LogP) is 4.20. The van der Waals surface area contributed by atoms with E-state index in [1.807, 2.05) is 6.07 Å². The summed E-state index contributed by atoms with van der Waals surface area (Å²) < 4.78 is 17.3. The minimum absolute atomic E-state index is 0.221. The number of fused-ring (bicyclic) bond motifs is 2. The highest BCUT2D eigenvalue weighted by Gasteiger charge is 2.21. The fourth-order valence-corrected chi connectivity index (χ4v) is 3.50. The van der Waals surface area contributed by atoms with Gasteiger partial charge in [-0.15, -0.1) is 0 Å². The average molecular weight is 380 g/mol. The van der Waals surface area contributed by atoms with Crippen molar-refractivity contribution in [2.24, 2.45) is 0 Å². The summed E-state index contributed by atoms with van der Waals surface area (Å²) in [5, 5.41) is 9.68. The number of imidazole rings is 1. The Balaban J connectivity index is 1.90. The maximum Gasteiger partial charge on any atom is 0.180 e. The molecule has 0 saturated carbocycles. The van der Waals surface area contributed by atoms with Crippen molar-refractivity contribution in [1.82, 2.24) is 19.4 Å². The molecule has 3 heterocycles. The van der Waals surface area contributed by atoms with Crippen LogP contribution in [0.3, 0.4) is 0 Å². The molecule has 0 radical (unpaired) electrons. The van der Waals surface area contributed by atoms with E-state index in [2.05, 4.69) is 21.0 Å². The Kier molecular flexibility index (Phi) is 3.71. The lowest BCUT2D eigenvalue weighted by atomic mass is 10.00. The topological polar surface area (TPSA) is 92.9 Å². The molecule has 6 nitrogen and oxygen atoms in total. The quantitative estimate of drug-likeness (QED) is 0.495. The van der Waals surface area contributed by atoms with Gasteiger partial charge in [-0.1, -0.05) is 12.1 Å². The van der Waals surface area contributed by atoms with Crippen molar-refractivity contribution in [2.75, 3.05) is 5.73 Å².